The molecule has 0 aliphatic carbocycles. The van der Waals surface area contributed by atoms with Gasteiger partial charge in [0.05, 0.1) is 13.7 Å². The van der Waals surface area contributed by atoms with Gasteiger partial charge in [-0.05, 0) is 37.1 Å². The Labute approximate surface area is 187 Å². The van der Waals surface area contributed by atoms with Crippen molar-refractivity contribution in [1.29, 1.82) is 0 Å². The van der Waals surface area contributed by atoms with Crippen LogP contribution in [0.15, 0.2) is 47.5 Å². The van der Waals surface area contributed by atoms with Gasteiger partial charge < -0.3 is 14.4 Å². The minimum atomic E-state index is -3.73. The van der Waals surface area contributed by atoms with E-state index in [9.17, 15) is 13.2 Å². The van der Waals surface area contributed by atoms with Gasteiger partial charge in [-0.2, -0.15) is 4.31 Å². The predicted octanol–water partition coefficient (Wildman–Crippen LogP) is 2.68. The molecular weight excluding hydrogens is 442 g/mol. The summed E-state index contributed by atoms with van der Waals surface area (Å²) < 4.78 is 38.0. The van der Waals surface area contributed by atoms with Gasteiger partial charge in [0.25, 0.3) is 0 Å². The summed E-state index contributed by atoms with van der Waals surface area (Å²) in [5.41, 5.74) is 0. The number of benzene rings is 1. The Morgan fingerprint density at radius 1 is 1.19 bits per heavy atom. The molecule has 2 heterocycles. The van der Waals surface area contributed by atoms with E-state index < -0.39 is 10.0 Å². The van der Waals surface area contributed by atoms with Crippen LogP contribution in [-0.2, 0) is 14.8 Å². The van der Waals surface area contributed by atoms with Crippen molar-refractivity contribution in [3.63, 3.8) is 0 Å². The summed E-state index contributed by atoms with van der Waals surface area (Å²) in [7, 11) is -0.427. The molecule has 31 heavy (non-hydrogen) atoms. The Kier molecular flexibility index (Phi) is 7.74. The van der Waals surface area contributed by atoms with Crippen molar-refractivity contribution in [1.82, 2.24) is 14.2 Å². The number of ether oxygens (including phenoxy) is 2. The number of amides is 1. The Morgan fingerprint density at radius 2 is 1.87 bits per heavy atom. The van der Waals surface area contributed by atoms with Gasteiger partial charge in [0.15, 0.2) is 11.5 Å². The van der Waals surface area contributed by atoms with E-state index in [0.717, 1.165) is 0 Å². The van der Waals surface area contributed by atoms with E-state index in [4.69, 9.17) is 21.1 Å². The molecule has 0 N–H and O–H groups in total. The fourth-order valence-electron chi connectivity index (χ4n) is 3.50. The quantitative estimate of drug-likeness (QED) is 0.554. The highest BCUT2D eigenvalue weighted by Crippen LogP contribution is 2.28. The normalized spacial score (nSPS) is 15.5. The van der Waals surface area contributed by atoms with E-state index in [0.29, 0.717) is 37.5 Å². The van der Waals surface area contributed by atoms with Gasteiger partial charge in [-0.25, -0.2) is 13.4 Å². The highest BCUT2D eigenvalue weighted by atomic mass is 35.5. The smallest absolute Gasteiger partial charge is 0.246 e. The summed E-state index contributed by atoms with van der Waals surface area (Å²) >= 11 is 5.96. The standard InChI is InChI=1S/C21H26ClN3O5S/c1-24(14-15-30-18-7-4-3-6-17(18)29-2)21(26)16-9-12-25(13-10-16)31(27,28)19-8-5-11-23-20(19)22/h3-8,11,16H,9-10,12-15H2,1-2H3. The summed E-state index contributed by atoms with van der Waals surface area (Å²) in [5, 5.41) is -0.0459. The summed E-state index contributed by atoms with van der Waals surface area (Å²) in [6, 6.07) is 10.3. The first kappa shape index (κ1) is 23.3. The number of piperidine rings is 1. The maximum absolute atomic E-state index is 12.8. The molecule has 0 atom stereocenters. The molecule has 1 saturated heterocycles. The van der Waals surface area contributed by atoms with Gasteiger partial charge >= 0.3 is 0 Å². The molecule has 1 aromatic carbocycles. The Hall–Kier alpha value is -2.36. The van der Waals surface area contributed by atoms with Crippen molar-refractivity contribution in [2.24, 2.45) is 5.92 Å². The lowest BCUT2D eigenvalue weighted by atomic mass is 9.97. The first-order valence-corrected chi connectivity index (χ1v) is 11.8. The molecule has 1 amide bonds. The number of pyridine rings is 1. The number of likely N-dealkylation sites (N-methyl/N-ethyl adjacent to an activating group) is 1. The largest absolute Gasteiger partial charge is 0.493 e. The fourth-order valence-corrected chi connectivity index (χ4v) is 5.40. The maximum Gasteiger partial charge on any atom is 0.246 e. The van der Waals surface area contributed by atoms with E-state index >= 15 is 0 Å². The zero-order chi connectivity index (χ0) is 22.4. The van der Waals surface area contributed by atoms with Crippen LogP contribution in [0.5, 0.6) is 11.5 Å². The molecule has 0 saturated carbocycles. The van der Waals surface area contributed by atoms with Crippen LogP contribution >= 0.6 is 11.6 Å². The first-order chi connectivity index (χ1) is 14.8. The van der Waals surface area contributed by atoms with Crippen molar-refractivity contribution in [3.05, 3.63) is 47.7 Å². The SMILES string of the molecule is COc1ccccc1OCCN(C)C(=O)C1CCN(S(=O)(=O)c2cccnc2Cl)CC1. The minimum absolute atomic E-state index is 0.00736. The third-order valence-electron chi connectivity index (χ3n) is 5.28. The number of carbonyl (C=O) groups is 1. The van der Waals surface area contributed by atoms with E-state index in [1.54, 1.807) is 19.1 Å². The second kappa shape index (κ2) is 10.3. The molecule has 10 heteroatoms. The number of nitrogens with zero attached hydrogens (tertiary/aromatic N) is 3. The van der Waals surface area contributed by atoms with Crippen LogP contribution in [0, 0.1) is 5.92 Å². The van der Waals surface area contributed by atoms with E-state index in [-0.39, 0.29) is 35.0 Å². The highest BCUT2D eigenvalue weighted by molar-refractivity contribution is 7.89. The number of hydrogen-bond donors (Lipinski definition) is 0. The molecule has 1 aromatic heterocycles. The predicted molar refractivity (Wildman–Crippen MR) is 117 cm³/mol. The lowest BCUT2D eigenvalue weighted by Crippen LogP contribution is -2.44. The Bertz CT molecular complexity index is 1010. The molecule has 0 radical (unpaired) electrons. The summed E-state index contributed by atoms with van der Waals surface area (Å²) in [6.07, 6.45) is 2.35. The lowest BCUT2D eigenvalue weighted by Gasteiger charge is -2.32. The fraction of sp³-hybridized carbons (Fsp3) is 0.429. The van der Waals surface area contributed by atoms with Gasteiger partial charge in [0, 0.05) is 32.3 Å². The van der Waals surface area contributed by atoms with Crippen molar-refractivity contribution >= 4 is 27.5 Å². The Morgan fingerprint density at radius 3 is 2.52 bits per heavy atom. The second-order valence-corrected chi connectivity index (χ2v) is 9.49. The maximum atomic E-state index is 12.8. The zero-order valence-corrected chi connectivity index (χ0v) is 19.1. The van der Waals surface area contributed by atoms with Gasteiger partial charge in [-0.1, -0.05) is 23.7 Å². The Balaban J connectivity index is 1.51. The molecule has 0 unspecified atom stereocenters. The molecule has 1 aliphatic rings. The van der Waals surface area contributed by atoms with Crippen LogP contribution in [0.4, 0.5) is 0 Å². The van der Waals surface area contributed by atoms with Crippen LogP contribution < -0.4 is 9.47 Å². The van der Waals surface area contributed by atoms with E-state index in [2.05, 4.69) is 4.98 Å². The second-order valence-electron chi connectivity index (χ2n) is 7.23. The number of hydrogen-bond acceptors (Lipinski definition) is 6. The van der Waals surface area contributed by atoms with Crippen molar-refractivity contribution in [2.45, 2.75) is 17.7 Å². The monoisotopic (exact) mass is 467 g/mol. The van der Waals surface area contributed by atoms with Crippen molar-refractivity contribution in [2.75, 3.05) is 40.4 Å². The third kappa shape index (κ3) is 5.47. The van der Waals surface area contributed by atoms with Crippen LogP contribution in [0.1, 0.15) is 12.8 Å². The highest BCUT2D eigenvalue weighted by Gasteiger charge is 2.34. The first-order valence-electron chi connectivity index (χ1n) is 9.96. The average molecular weight is 468 g/mol. The minimum Gasteiger partial charge on any atom is -0.493 e. The van der Waals surface area contributed by atoms with Crippen LogP contribution in [0.25, 0.3) is 0 Å². The topological polar surface area (TPSA) is 89.0 Å². The third-order valence-corrected chi connectivity index (χ3v) is 7.62. The molecule has 8 nitrogen and oxygen atoms in total. The number of aromatic nitrogens is 1. The molecular formula is C21H26ClN3O5S. The summed E-state index contributed by atoms with van der Waals surface area (Å²) in [5.74, 6) is 1.02. The van der Waals surface area contributed by atoms with Crippen LogP contribution in [-0.4, -0.2) is 68.9 Å². The number of carbonyl (C=O) groups excluding carboxylic acids is 1. The number of para-hydroxylation sites is 2. The lowest BCUT2D eigenvalue weighted by molar-refractivity contribution is -0.135. The van der Waals surface area contributed by atoms with Gasteiger partial charge in [0.2, 0.25) is 15.9 Å². The molecule has 0 bridgehead atoms. The number of sulfonamides is 1. The molecule has 1 aliphatic heterocycles. The average Bonchev–Trinajstić information content (AvgIpc) is 2.79. The van der Waals surface area contributed by atoms with E-state index in [1.807, 2.05) is 24.3 Å². The summed E-state index contributed by atoms with van der Waals surface area (Å²) in [4.78, 5) is 18.3. The zero-order valence-electron chi connectivity index (χ0n) is 17.5. The molecule has 3 rings (SSSR count). The number of rotatable bonds is 8. The summed E-state index contributed by atoms with van der Waals surface area (Å²) in [6.45, 7) is 1.26. The van der Waals surface area contributed by atoms with Crippen LogP contribution in [0.3, 0.4) is 0 Å². The number of halogens is 1. The van der Waals surface area contributed by atoms with Gasteiger partial charge in [-0.15, -0.1) is 0 Å². The van der Waals surface area contributed by atoms with Gasteiger partial charge in [0.1, 0.15) is 16.7 Å². The molecule has 168 valence electrons. The van der Waals surface area contributed by atoms with E-state index in [1.165, 1.54) is 22.6 Å². The van der Waals surface area contributed by atoms with Crippen molar-refractivity contribution < 1.29 is 22.7 Å². The van der Waals surface area contributed by atoms with Crippen molar-refractivity contribution in [3.8, 4) is 11.5 Å². The number of methoxy groups -OCH3 is 1. The molecule has 1 fully saturated rings. The van der Waals surface area contributed by atoms with Crippen LogP contribution in [0.2, 0.25) is 5.15 Å². The molecule has 2 aromatic rings. The van der Waals surface area contributed by atoms with Gasteiger partial charge in [-0.3, -0.25) is 4.79 Å². The molecule has 0 spiro atoms.